The van der Waals surface area contributed by atoms with Crippen LogP contribution in [0.3, 0.4) is 0 Å². The van der Waals surface area contributed by atoms with Gasteiger partial charge in [-0.1, -0.05) is 24.3 Å². The van der Waals surface area contributed by atoms with Gasteiger partial charge in [-0.25, -0.2) is 14.6 Å². The van der Waals surface area contributed by atoms with Crippen molar-refractivity contribution in [2.24, 2.45) is 5.73 Å². The van der Waals surface area contributed by atoms with Crippen molar-refractivity contribution < 1.29 is 19.1 Å². The minimum atomic E-state index is -1.17. The molecule has 176 valence electrons. The minimum Gasteiger partial charge on any atom is -0.372 e. The number of carbonyl (C=O) groups is 3. The van der Waals surface area contributed by atoms with Crippen LogP contribution in [-0.2, 0) is 16.1 Å². The van der Waals surface area contributed by atoms with Crippen LogP contribution in [-0.4, -0.2) is 63.8 Å². The third-order valence-electron chi connectivity index (χ3n) is 5.74. The molecule has 0 radical (unpaired) electrons. The van der Waals surface area contributed by atoms with Gasteiger partial charge in [0.15, 0.2) is 0 Å². The molecule has 0 aliphatic carbocycles. The number of nitrogens with two attached hydrogens (primary N) is 1. The predicted molar refractivity (Wildman–Crippen MR) is 125 cm³/mol. The molecule has 0 spiro atoms. The molecule has 1 fully saturated rings. The number of pyridine rings is 1. The zero-order valence-electron chi connectivity index (χ0n) is 19.1. The SMILES string of the molecule is Cc1cc(C)n(CC(=O)N2CCN(c3ccccc3-c3ccc(C(=O)OC(N)=O)nc3)CC2)n1. The number of amides is 2. The molecule has 3 heterocycles. The second-order valence-corrected chi connectivity index (χ2v) is 8.11. The van der Waals surface area contributed by atoms with Crippen LogP contribution >= 0.6 is 0 Å². The van der Waals surface area contributed by atoms with E-state index in [1.54, 1.807) is 16.9 Å². The number of aryl methyl sites for hydroxylation is 2. The number of para-hydroxylation sites is 1. The van der Waals surface area contributed by atoms with E-state index >= 15 is 0 Å². The van der Waals surface area contributed by atoms with E-state index in [1.165, 1.54) is 6.07 Å². The van der Waals surface area contributed by atoms with E-state index in [1.807, 2.05) is 49.1 Å². The highest BCUT2D eigenvalue weighted by Gasteiger charge is 2.24. The van der Waals surface area contributed by atoms with E-state index in [2.05, 4.69) is 19.7 Å². The number of benzene rings is 1. The molecule has 2 N–H and O–H groups in total. The maximum atomic E-state index is 12.8. The van der Waals surface area contributed by atoms with Gasteiger partial charge in [-0.05, 0) is 32.0 Å². The van der Waals surface area contributed by atoms with Crippen LogP contribution in [0.15, 0.2) is 48.7 Å². The van der Waals surface area contributed by atoms with Crippen LogP contribution in [0.25, 0.3) is 11.1 Å². The molecule has 0 saturated carbocycles. The van der Waals surface area contributed by atoms with E-state index in [0.717, 1.165) is 28.2 Å². The molecule has 3 aromatic rings. The molecule has 2 amide bonds. The largest absolute Gasteiger partial charge is 0.412 e. The Hall–Kier alpha value is -4.21. The Morgan fingerprint density at radius 2 is 1.76 bits per heavy atom. The summed E-state index contributed by atoms with van der Waals surface area (Å²) >= 11 is 0. The molecule has 1 aliphatic heterocycles. The number of esters is 1. The molecule has 0 bridgehead atoms. The molecule has 10 heteroatoms. The topological polar surface area (TPSA) is 124 Å². The van der Waals surface area contributed by atoms with E-state index in [-0.39, 0.29) is 18.1 Å². The van der Waals surface area contributed by atoms with Crippen LogP contribution in [0.4, 0.5) is 10.5 Å². The van der Waals surface area contributed by atoms with Crippen molar-refractivity contribution in [1.29, 1.82) is 0 Å². The average Bonchev–Trinajstić information content (AvgIpc) is 3.15. The summed E-state index contributed by atoms with van der Waals surface area (Å²) in [5.74, 6) is -0.838. The molecule has 0 atom stereocenters. The molecule has 4 rings (SSSR count). The van der Waals surface area contributed by atoms with E-state index in [9.17, 15) is 14.4 Å². The number of hydrogen-bond acceptors (Lipinski definition) is 7. The summed E-state index contributed by atoms with van der Waals surface area (Å²) in [7, 11) is 0. The van der Waals surface area contributed by atoms with Crippen molar-refractivity contribution in [1.82, 2.24) is 19.7 Å². The zero-order valence-corrected chi connectivity index (χ0v) is 19.1. The van der Waals surface area contributed by atoms with Crippen molar-refractivity contribution in [3.05, 3.63) is 65.7 Å². The fraction of sp³-hybridized carbons (Fsp3) is 0.292. The van der Waals surface area contributed by atoms with Crippen LogP contribution in [0.1, 0.15) is 21.9 Å². The lowest BCUT2D eigenvalue weighted by Gasteiger charge is -2.37. The summed E-state index contributed by atoms with van der Waals surface area (Å²) in [4.78, 5) is 43.6. The molecular weight excluding hydrogens is 436 g/mol. The summed E-state index contributed by atoms with van der Waals surface area (Å²) in [5.41, 5.74) is 9.54. The van der Waals surface area contributed by atoms with Crippen LogP contribution < -0.4 is 10.6 Å². The Bertz CT molecular complexity index is 1210. The highest BCUT2D eigenvalue weighted by Crippen LogP contribution is 2.31. The Morgan fingerprint density at radius 1 is 1.03 bits per heavy atom. The van der Waals surface area contributed by atoms with Gasteiger partial charge in [-0.15, -0.1) is 0 Å². The Balaban J connectivity index is 1.43. The molecule has 34 heavy (non-hydrogen) atoms. The fourth-order valence-corrected chi connectivity index (χ4v) is 4.07. The lowest BCUT2D eigenvalue weighted by Crippen LogP contribution is -2.49. The maximum absolute atomic E-state index is 12.8. The summed E-state index contributed by atoms with van der Waals surface area (Å²) in [6.45, 7) is 6.72. The Kier molecular flexibility index (Phi) is 6.58. The van der Waals surface area contributed by atoms with Crippen LogP contribution in [0.5, 0.6) is 0 Å². The third kappa shape index (κ3) is 5.06. The van der Waals surface area contributed by atoms with Gasteiger partial charge >= 0.3 is 12.1 Å². The summed E-state index contributed by atoms with van der Waals surface area (Å²) in [6.07, 6.45) is 0.388. The monoisotopic (exact) mass is 462 g/mol. The quantitative estimate of drug-likeness (QED) is 0.455. The minimum absolute atomic E-state index is 0.00484. The molecular formula is C24H26N6O4. The third-order valence-corrected chi connectivity index (χ3v) is 5.74. The fourth-order valence-electron chi connectivity index (χ4n) is 4.07. The maximum Gasteiger partial charge on any atom is 0.412 e. The first kappa shape index (κ1) is 23.0. The first-order valence-electron chi connectivity index (χ1n) is 10.9. The van der Waals surface area contributed by atoms with Crippen LogP contribution in [0, 0.1) is 13.8 Å². The first-order chi connectivity index (χ1) is 16.3. The highest BCUT2D eigenvalue weighted by atomic mass is 16.6. The number of primary amides is 1. The van der Waals surface area contributed by atoms with Gasteiger partial charge in [0.05, 0.1) is 5.69 Å². The smallest absolute Gasteiger partial charge is 0.372 e. The van der Waals surface area contributed by atoms with Gasteiger partial charge in [0.2, 0.25) is 5.91 Å². The Morgan fingerprint density at radius 3 is 2.38 bits per heavy atom. The number of ether oxygens (including phenoxy) is 1. The summed E-state index contributed by atoms with van der Waals surface area (Å²) < 4.78 is 6.11. The summed E-state index contributed by atoms with van der Waals surface area (Å²) in [6, 6.07) is 13.1. The van der Waals surface area contributed by atoms with Gasteiger partial charge in [-0.2, -0.15) is 5.10 Å². The number of piperazine rings is 1. The second-order valence-electron chi connectivity index (χ2n) is 8.11. The van der Waals surface area contributed by atoms with Crippen molar-refractivity contribution in [2.75, 3.05) is 31.1 Å². The van der Waals surface area contributed by atoms with Crippen molar-refractivity contribution in [2.45, 2.75) is 20.4 Å². The van der Waals surface area contributed by atoms with Crippen LogP contribution in [0.2, 0.25) is 0 Å². The first-order valence-corrected chi connectivity index (χ1v) is 10.9. The summed E-state index contributed by atoms with van der Waals surface area (Å²) in [5, 5.41) is 4.38. The standard InChI is InChI=1S/C24H26N6O4/c1-16-13-17(2)30(27-16)15-22(31)29-11-9-28(10-12-29)21-6-4-3-5-19(21)18-7-8-20(26-14-18)23(32)34-24(25)33/h3-8,13-14H,9-12,15H2,1-2H3,(H2,25,33). The van der Waals surface area contributed by atoms with E-state index < -0.39 is 12.1 Å². The van der Waals surface area contributed by atoms with Gasteiger partial charge in [0.25, 0.3) is 0 Å². The van der Waals surface area contributed by atoms with Crippen molar-refractivity contribution >= 4 is 23.7 Å². The molecule has 2 aromatic heterocycles. The number of hydrogen-bond donors (Lipinski definition) is 1. The second kappa shape index (κ2) is 9.74. The lowest BCUT2D eigenvalue weighted by molar-refractivity contribution is -0.132. The number of aromatic nitrogens is 3. The lowest BCUT2D eigenvalue weighted by atomic mass is 10.0. The highest BCUT2D eigenvalue weighted by molar-refractivity contribution is 5.94. The zero-order chi connectivity index (χ0) is 24.2. The average molecular weight is 463 g/mol. The molecule has 1 aliphatic rings. The molecule has 0 unspecified atom stereocenters. The Labute approximate surface area is 196 Å². The molecule has 1 aromatic carbocycles. The van der Waals surface area contributed by atoms with Gasteiger partial charge < -0.3 is 20.3 Å². The molecule has 1 saturated heterocycles. The van der Waals surface area contributed by atoms with Crippen molar-refractivity contribution in [3.8, 4) is 11.1 Å². The predicted octanol–water partition coefficient (Wildman–Crippen LogP) is 2.15. The number of nitrogens with zero attached hydrogens (tertiary/aromatic N) is 5. The number of rotatable bonds is 5. The van der Waals surface area contributed by atoms with Gasteiger partial charge in [0, 0.05) is 54.9 Å². The van der Waals surface area contributed by atoms with Crippen molar-refractivity contribution in [3.63, 3.8) is 0 Å². The normalized spacial score (nSPS) is 13.6. The van der Waals surface area contributed by atoms with Gasteiger partial charge in [-0.3, -0.25) is 9.48 Å². The van der Waals surface area contributed by atoms with Gasteiger partial charge in [0.1, 0.15) is 12.2 Å². The molecule has 10 nitrogen and oxygen atoms in total. The van der Waals surface area contributed by atoms with E-state index in [4.69, 9.17) is 5.73 Å². The van der Waals surface area contributed by atoms with E-state index in [0.29, 0.717) is 26.2 Å². The number of carbonyl (C=O) groups excluding carboxylic acids is 3. The number of anilines is 1.